The lowest BCUT2D eigenvalue weighted by Crippen LogP contribution is -2.48. The number of amides is 2. The average molecular weight is 494 g/mol. The van der Waals surface area contributed by atoms with Crippen LogP contribution in [0.5, 0.6) is 0 Å². The van der Waals surface area contributed by atoms with Crippen LogP contribution in [0.15, 0.2) is 48.5 Å². The monoisotopic (exact) mass is 493 g/mol. The summed E-state index contributed by atoms with van der Waals surface area (Å²) in [6.45, 7) is 4.27. The largest absolute Gasteiger partial charge is 0.357 e. The van der Waals surface area contributed by atoms with Crippen molar-refractivity contribution in [1.82, 2.24) is 10.2 Å². The molecule has 2 amide bonds. The van der Waals surface area contributed by atoms with Gasteiger partial charge in [0.05, 0.1) is 11.9 Å². The van der Waals surface area contributed by atoms with Crippen molar-refractivity contribution in [3.8, 4) is 0 Å². The summed E-state index contributed by atoms with van der Waals surface area (Å²) < 4.78 is 25.9. The molecule has 0 heterocycles. The second kappa shape index (κ2) is 12.0. The molecule has 7 nitrogen and oxygen atoms in total. The molecule has 1 atom stereocenters. The maximum Gasteiger partial charge on any atom is 0.242 e. The first-order chi connectivity index (χ1) is 15.6. The van der Waals surface area contributed by atoms with Crippen molar-refractivity contribution in [2.24, 2.45) is 0 Å². The fourth-order valence-electron chi connectivity index (χ4n) is 3.61. The van der Waals surface area contributed by atoms with Crippen LogP contribution in [0.4, 0.5) is 5.69 Å². The first-order valence-electron chi connectivity index (χ1n) is 10.9. The Morgan fingerprint density at radius 1 is 1.12 bits per heavy atom. The average Bonchev–Trinajstić information content (AvgIpc) is 2.76. The lowest BCUT2D eigenvalue weighted by Gasteiger charge is -2.31. The van der Waals surface area contributed by atoms with Gasteiger partial charge in [-0.1, -0.05) is 54.4 Å². The minimum Gasteiger partial charge on any atom is -0.357 e. The van der Waals surface area contributed by atoms with Gasteiger partial charge in [0.1, 0.15) is 6.04 Å². The van der Waals surface area contributed by atoms with E-state index in [4.69, 9.17) is 11.6 Å². The molecule has 2 rings (SSSR count). The van der Waals surface area contributed by atoms with Gasteiger partial charge in [0.15, 0.2) is 0 Å². The minimum atomic E-state index is -3.56. The summed E-state index contributed by atoms with van der Waals surface area (Å²) in [5, 5.41) is 3.06. The number of carbonyl (C=O) groups excluding carboxylic acids is 2. The van der Waals surface area contributed by atoms with Crippen LogP contribution in [-0.4, -0.2) is 51.0 Å². The van der Waals surface area contributed by atoms with E-state index in [1.807, 2.05) is 38.1 Å². The fraction of sp³-hybridized carbons (Fsp3) is 0.417. The standard InChI is InChI=1S/C24H32ClN3O4S/c1-5-22(24(30)26-3)27(17-19-13-11-18(2)12-14-19)23(29)10-7-15-28(33(4,31)32)21-9-6-8-20(25)16-21/h6,8-9,11-14,16,22H,5,7,10,15,17H2,1-4H3,(H,26,30)/t22-/m1/s1. The summed E-state index contributed by atoms with van der Waals surface area (Å²) in [5.74, 6) is -0.430. The summed E-state index contributed by atoms with van der Waals surface area (Å²) in [6.07, 6.45) is 1.99. The van der Waals surface area contributed by atoms with Crippen LogP contribution >= 0.6 is 11.6 Å². The summed E-state index contributed by atoms with van der Waals surface area (Å²) in [6, 6.07) is 13.8. The van der Waals surface area contributed by atoms with E-state index >= 15 is 0 Å². The van der Waals surface area contributed by atoms with Crippen molar-refractivity contribution < 1.29 is 18.0 Å². The number of likely N-dealkylation sites (N-methyl/N-ethyl adjacent to an activating group) is 1. The molecule has 0 bridgehead atoms. The van der Waals surface area contributed by atoms with Crippen LogP contribution in [0.3, 0.4) is 0 Å². The Bertz CT molecular complexity index is 1060. The zero-order valence-electron chi connectivity index (χ0n) is 19.5. The first-order valence-corrected chi connectivity index (χ1v) is 13.1. The second-order valence-electron chi connectivity index (χ2n) is 7.96. The van der Waals surface area contributed by atoms with Crippen molar-refractivity contribution in [3.05, 3.63) is 64.7 Å². The lowest BCUT2D eigenvalue weighted by molar-refractivity contribution is -0.141. The van der Waals surface area contributed by atoms with E-state index in [2.05, 4.69) is 5.32 Å². The molecule has 2 aromatic rings. The molecule has 0 spiro atoms. The third-order valence-electron chi connectivity index (χ3n) is 5.35. The number of carbonyl (C=O) groups is 2. The van der Waals surface area contributed by atoms with E-state index in [0.717, 1.165) is 17.4 Å². The normalized spacial score (nSPS) is 12.2. The molecule has 9 heteroatoms. The quantitative estimate of drug-likeness (QED) is 0.516. The summed E-state index contributed by atoms with van der Waals surface area (Å²) in [7, 11) is -2.01. The van der Waals surface area contributed by atoms with Crippen LogP contribution in [0.1, 0.15) is 37.3 Å². The fourth-order valence-corrected chi connectivity index (χ4v) is 4.75. The second-order valence-corrected chi connectivity index (χ2v) is 10.3. The zero-order valence-corrected chi connectivity index (χ0v) is 21.1. The van der Waals surface area contributed by atoms with Gasteiger partial charge in [-0.05, 0) is 43.5 Å². The van der Waals surface area contributed by atoms with Gasteiger partial charge in [-0.15, -0.1) is 0 Å². The van der Waals surface area contributed by atoms with E-state index in [9.17, 15) is 18.0 Å². The smallest absolute Gasteiger partial charge is 0.242 e. The van der Waals surface area contributed by atoms with Crippen LogP contribution in [0.2, 0.25) is 5.02 Å². The maximum atomic E-state index is 13.2. The van der Waals surface area contributed by atoms with Gasteiger partial charge in [0, 0.05) is 31.6 Å². The summed E-state index contributed by atoms with van der Waals surface area (Å²) in [4.78, 5) is 27.2. The molecule has 0 unspecified atom stereocenters. The number of benzene rings is 2. The number of sulfonamides is 1. The molecular formula is C24H32ClN3O4S. The predicted molar refractivity (Wildman–Crippen MR) is 133 cm³/mol. The Labute approximate surface area is 201 Å². The summed E-state index contributed by atoms with van der Waals surface area (Å²) >= 11 is 6.03. The van der Waals surface area contributed by atoms with Crippen molar-refractivity contribution in [2.45, 2.75) is 45.7 Å². The van der Waals surface area contributed by atoms with Crippen LogP contribution < -0.4 is 9.62 Å². The van der Waals surface area contributed by atoms with Crippen LogP contribution in [0, 0.1) is 6.92 Å². The highest BCUT2D eigenvalue weighted by Crippen LogP contribution is 2.23. The molecular weight excluding hydrogens is 462 g/mol. The number of hydrogen-bond donors (Lipinski definition) is 1. The van der Waals surface area contributed by atoms with Gasteiger partial charge in [-0.3, -0.25) is 13.9 Å². The van der Waals surface area contributed by atoms with Gasteiger partial charge in [0.25, 0.3) is 0 Å². The number of rotatable bonds is 11. The number of halogens is 1. The number of hydrogen-bond acceptors (Lipinski definition) is 4. The maximum absolute atomic E-state index is 13.2. The number of aryl methyl sites for hydroxylation is 1. The molecule has 0 radical (unpaired) electrons. The molecule has 1 N–H and O–H groups in total. The molecule has 0 aromatic heterocycles. The SMILES string of the molecule is CC[C@H](C(=O)NC)N(Cc1ccc(C)cc1)C(=O)CCCN(c1cccc(Cl)c1)S(C)(=O)=O. The topological polar surface area (TPSA) is 86.8 Å². The highest BCUT2D eigenvalue weighted by Gasteiger charge is 2.28. The molecule has 0 aliphatic heterocycles. The van der Waals surface area contributed by atoms with E-state index in [1.54, 1.807) is 36.2 Å². The molecule has 0 aliphatic rings. The first kappa shape index (κ1) is 26.7. The molecule has 0 aliphatic carbocycles. The van der Waals surface area contributed by atoms with Crippen molar-refractivity contribution in [3.63, 3.8) is 0 Å². The van der Waals surface area contributed by atoms with Gasteiger partial charge in [-0.25, -0.2) is 8.42 Å². The third-order valence-corrected chi connectivity index (χ3v) is 6.78. The molecule has 0 saturated heterocycles. The molecule has 33 heavy (non-hydrogen) atoms. The van der Waals surface area contributed by atoms with Crippen LogP contribution in [0.25, 0.3) is 0 Å². The molecule has 2 aromatic carbocycles. The highest BCUT2D eigenvalue weighted by atomic mass is 35.5. The number of nitrogens with one attached hydrogen (secondary N) is 1. The Morgan fingerprint density at radius 3 is 2.33 bits per heavy atom. The van der Waals surface area contributed by atoms with E-state index in [-0.39, 0.29) is 24.8 Å². The Balaban J connectivity index is 2.18. The van der Waals surface area contributed by atoms with Crippen molar-refractivity contribution in [2.75, 3.05) is 24.2 Å². The van der Waals surface area contributed by atoms with Crippen LogP contribution in [-0.2, 0) is 26.2 Å². The molecule has 0 fully saturated rings. The van der Waals surface area contributed by atoms with E-state index in [1.165, 1.54) is 4.31 Å². The van der Waals surface area contributed by atoms with E-state index < -0.39 is 16.1 Å². The highest BCUT2D eigenvalue weighted by molar-refractivity contribution is 7.92. The molecule has 180 valence electrons. The van der Waals surface area contributed by atoms with Gasteiger partial charge in [-0.2, -0.15) is 0 Å². The van der Waals surface area contributed by atoms with Gasteiger partial charge < -0.3 is 10.2 Å². The van der Waals surface area contributed by atoms with Crippen molar-refractivity contribution in [1.29, 1.82) is 0 Å². The number of nitrogens with zero attached hydrogens (tertiary/aromatic N) is 2. The third kappa shape index (κ3) is 7.75. The Kier molecular flexibility index (Phi) is 9.73. The van der Waals surface area contributed by atoms with Gasteiger partial charge in [0.2, 0.25) is 21.8 Å². The van der Waals surface area contributed by atoms with Crippen molar-refractivity contribution >= 4 is 39.1 Å². The summed E-state index contributed by atoms with van der Waals surface area (Å²) in [5.41, 5.74) is 2.48. The Morgan fingerprint density at radius 2 is 1.79 bits per heavy atom. The van der Waals surface area contributed by atoms with Gasteiger partial charge >= 0.3 is 0 Å². The minimum absolute atomic E-state index is 0.103. The molecule has 0 saturated carbocycles. The number of anilines is 1. The zero-order chi connectivity index (χ0) is 24.6. The lowest BCUT2D eigenvalue weighted by atomic mass is 10.1. The predicted octanol–water partition coefficient (Wildman–Crippen LogP) is 3.75. The Hall–Kier alpha value is -2.58. The van der Waals surface area contributed by atoms with E-state index in [0.29, 0.717) is 30.1 Å².